The maximum Gasteiger partial charge on any atom is 0.309 e. The van der Waals surface area contributed by atoms with Crippen LogP contribution in [-0.2, 0) is 16.0 Å². The van der Waals surface area contributed by atoms with Crippen LogP contribution in [0.5, 0.6) is 11.6 Å². The monoisotopic (exact) mass is 444 g/mol. The van der Waals surface area contributed by atoms with Crippen LogP contribution in [0.1, 0.15) is 49.0 Å². The van der Waals surface area contributed by atoms with Crippen LogP contribution in [0.3, 0.4) is 0 Å². The maximum absolute atomic E-state index is 12.2. The van der Waals surface area contributed by atoms with Gasteiger partial charge in [-0.1, -0.05) is 30.4 Å². The lowest BCUT2D eigenvalue weighted by atomic mass is 9.93. The molecule has 1 N–H and O–H groups in total. The van der Waals surface area contributed by atoms with Gasteiger partial charge in [0.2, 0.25) is 10.8 Å². The molecular formula is C22H28N4O4S. The summed E-state index contributed by atoms with van der Waals surface area (Å²) < 4.78 is 12.2. The van der Waals surface area contributed by atoms with Crippen molar-refractivity contribution >= 4 is 22.3 Å². The highest BCUT2D eigenvalue weighted by molar-refractivity contribution is 7.17. The van der Waals surface area contributed by atoms with Crippen molar-refractivity contribution in [3.8, 4) is 11.6 Å². The van der Waals surface area contributed by atoms with Crippen LogP contribution >= 0.6 is 11.3 Å². The summed E-state index contributed by atoms with van der Waals surface area (Å²) in [5.41, 5.74) is 1.02. The highest BCUT2D eigenvalue weighted by atomic mass is 32.1. The molecule has 8 nitrogen and oxygen atoms in total. The third kappa shape index (κ3) is 4.24. The molecule has 0 unspecified atom stereocenters. The second-order valence-corrected chi connectivity index (χ2v) is 8.62. The Labute approximate surface area is 185 Å². The van der Waals surface area contributed by atoms with Crippen LogP contribution in [0.15, 0.2) is 24.3 Å². The maximum atomic E-state index is 12.2. The van der Waals surface area contributed by atoms with Crippen molar-refractivity contribution in [2.24, 2.45) is 5.92 Å². The molecule has 0 saturated carbocycles. The molecule has 0 amide bonds. The molecule has 0 bridgehead atoms. The van der Waals surface area contributed by atoms with E-state index in [2.05, 4.69) is 15.0 Å². The van der Waals surface area contributed by atoms with Gasteiger partial charge in [-0.15, -0.1) is 5.10 Å². The van der Waals surface area contributed by atoms with Gasteiger partial charge in [-0.2, -0.15) is 4.52 Å². The Bertz CT molecular complexity index is 1060. The molecule has 1 fully saturated rings. The zero-order chi connectivity index (χ0) is 22.0. The molecule has 1 aliphatic heterocycles. The molecular weight excluding hydrogens is 416 g/mol. The smallest absolute Gasteiger partial charge is 0.309 e. The average Bonchev–Trinajstić information content (AvgIpc) is 3.34. The summed E-state index contributed by atoms with van der Waals surface area (Å²) in [5, 5.41) is 15.5. The molecule has 9 heteroatoms. The summed E-state index contributed by atoms with van der Waals surface area (Å²) in [4.78, 5) is 20.5. The second-order valence-electron chi connectivity index (χ2n) is 7.61. The van der Waals surface area contributed by atoms with E-state index in [1.165, 1.54) is 15.9 Å². The first kappa shape index (κ1) is 21.6. The fourth-order valence-electron chi connectivity index (χ4n) is 4.11. The number of fused-ring (bicyclic) bond motifs is 1. The number of hydrogen-bond donors (Lipinski definition) is 1. The van der Waals surface area contributed by atoms with Gasteiger partial charge in [0, 0.05) is 6.42 Å². The minimum atomic E-state index is -0.183. The standard InChI is InChI=1S/C22H28N4O4S/c1-4-17-23-22-26(24-17)20(27)19(31-22)18(15-7-6-8-16(13-15)29-3)25-11-9-14(10-12-25)21(28)30-5-2/h6-8,13-14,18,27H,4-5,9-12H2,1-3H3/t18-/m0/s1. The Morgan fingerprint density at radius 3 is 2.74 bits per heavy atom. The second kappa shape index (κ2) is 9.23. The van der Waals surface area contributed by atoms with Gasteiger partial charge in [0.05, 0.1) is 30.6 Å². The van der Waals surface area contributed by atoms with Crippen LogP contribution in [0.25, 0.3) is 4.96 Å². The number of carbonyl (C=O) groups excluding carboxylic acids is 1. The predicted molar refractivity (Wildman–Crippen MR) is 118 cm³/mol. The van der Waals surface area contributed by atoms with Crippen LogP contribution in [0, 0.1) is 5.92 Å². The first-order valence-electron chi connectivity index (χ1n) is 10.7. The van der Waals surface area contributed by atoms with Crippen molar-refractivity contribution in [3.05, 3.63) is 40.5 Å². The first-order valence-corrected chi connectivity index (χ1v) is 11.5. The molecule has 3 heterocycles. The highest BCUT2D eigenvalue weighted by Crippen LogP contribution is 2.42. The quantitative estimate of drug-likeness (QED) is 0.559. The normalized spacial score (nSPS) is 16.5. The van der Waals surface area contributed by atoms with Crippen molar-refractivity contribution in [1.29, 1.82) is 0 Å². The van der Waals surface area contributed by atoms with Crippen LogP contribution < -0.4 is 4.74 Å². The van der Waals surface area contributed by atoms with Gasteiger partial charge in [-0.05, 0) is 50.6 Å². The van der Waals surface area contributed by atoms with Gasteiger partial charge in [0.25, 0.3) is 0 Å². The van der Waals surface area contributed by atoms with Gasteiger partial charge < -0.3 is 14.6 Å². The summed E-state index contributed by atoms with van der Waals surface area (Å²) in [6, 6.07) is 7.71. The molecule has 0 radical (unpaired) electrons. The van der Waals surface area contributed by atoms with E-state index in [1.54, 1.807) is 7.11 Å². The lowest BCUT2D eigenvalue weighted by molar-refractivity contribution is -0.149. The van der Waals surface area contributed by atoms with Gasteiger partial charge in [-0.25, -0.2) is 4.98 Å². The van der Waals surface area contributed by atoms with Crippen molar-refractivity contribution in [2.45, 2.75) is 39.2 Å². The number of benzene rings is 1. The van der Waals surface area contributed by atoms with Crippen LogP contribution in [0.4, 0.5) is 0 Å². The number of likely N-dealkylation sites (tertiary alicyclic amines) is 1. The molecule has 0 aliphatic carbocycles. The number of hydrogen-bond acceptors (Lipinski definition) is 8. The van der Waals surface area contributed by atoms with E-state index in [-0.39, 0.29) is 23.8 Å². The Hall–Kier alpha value is -2.65. The van der Waals surface area contributed by atoms with Crippen LogP contribution in [-0.4, -0.2) is 57.4 Å². The number of esters is 1. The van der Waals surface area contributed by atoms with E-state index in [4.69, 9.17) is 9.47 Å². The SMILES string of the molecule is CCOC(=O)C1CCN([C@@H](c2cccc(OC)c2)c2sc3nc(CC)nn3c2O)CC1. The molecule has 0 spiro atoms. The van der Waals surface area contributed by atoms with Crippen molar-refractivity contribution in [1.82, 2.24) is 19.5 Å². The molecule has 1 aromatic carbocycles. The van der Waals surface area contributed by atoms with Gasteiger partial charge in [-0.3, -0.25) is 9.69 Å². The molecule has 166 valence electrons. The minimum absolute atomic E-state index is 0.0785. The van der Waals surface area contributed by atoms with E-state index in [1.807, 2.05) is 38.1 Å². The van der Waals surface area contributed by atoms with Crippen molar-refractivity contribution in [3.63, 3.8) is 0 Å². The molecule has 3 aromatic rings. The molecule has 2 aromatic heterocycles. The Kier molecular flexibility index (Phi) is 6.43. The Morgan fingerprint density at radius 1 is 1.32 bits per heavy atom. The third-order valence-electron chi connectivity index (χ3n) is 5.73. The zero-order valence-corrected chi connectivity index (χ0v) is 18.9. The van der Waals surface area contributed by atoms with Gasteiger partial charge >= 0.3 is 5.97 Å². The van der Waals surface area contributed by atoms with E-state index in [9.17, 15) is 9.90 Å². The van der Waals surface area contributed by atoms with Crippen LogP contribution in [0.2, 0.25) is 0 Å². The molecule has 1 saturated heterocycles. The van der Waals surface area contributed by atoms with E-state index < -0.39 is 0 Å². The number of thiazole rings is 1. The van der Waals surface area contributed by atoms with E-state index in [0.29, 0.717) is 23.8 Å². The Balaban J connectivity index is 1.68. The number of piperidine rings is 1. The minimum Gasteiger partial charge on any atom is -0.497 e. The lowest BCUT2D eigenvalue weighted by Crippen LogP contribution is -2.39. The first-order chi connectivity index (χ1) is 15.0. The zero-order valence-electron chi connectivity index (χ0n) is 18.1. The largest absolute Gasteiger partial charge is 0.497 e. The summed E-state index contributed by atoms with van der Waals surface area (Å²) in [5.74, 6) is 1.39. The van der Waals surface area contributed by atoms with E-state index >= 15 is 0 Å². The van der Waals surface area contributed by atoms with Crippen molar-refractivity contribution < 1.29 is 19.4 Å². The number of methoxy groups -OCH3 is 1. The number of carbonyl (C=O) groups is 1. The van der Waals surface area contributed by atoms with E-state index in [0.717, 1.165) is 42.1 Å². The number of rotatable bonds is 7. The fraction of sp³-hybridized carbons (Fsp3) is 0.500. The average molecular weight is 445 g/mol. The van der Waals surface area contributed by atoms with Gasteiger partial charge in [0.1, 0.15) is 5.75 Å². The number of aromatic hydroxyl groups is 1. The predicted octanol–water partition coefficient (Wildman–Crippen LogP) is 3.43. The summed E-state index contributed by atoms with van der Waals surface area (Å²) >= 11 is 1.45. The highest BCUT2D eigenvalue weighted by Gasteiger charge is 2.34. The molecule has 4 rings (SSSR count). The summed E-state index contributed by atoms with van der Waals surface area (Å²) in [6.45, 7) is 5.67. The molecule has 31 heavy (non-hydrogen) atoms. The third-order valence-corrected chi connectivity index (χ3v) is 6.80. The van der Waals surface area contributed by atoms with Gasteiger partial charge in [0.15, 0.2) is 5.82 Å². The Morgan fingerprint density at radius 2 is 2.10 bits per heavy atom. The van der Waals surface area contributed by atoms with Crippen molar-refractivity contribution in [2.75, 3.05) is 26.8 Å². The summed E-state index contributed by atoms with van der Waals surface area (Å²) in [6.07, 6.45) is 2.16. The number of ether oxygens (including phenoxy) is 2. The topological polar surface area (TPSA) is 89.2 Å². The number of aryl methyl sites for hydroxylation is 1. The molecule has 1 aliphatic rings. The summed E-state index contributed by atoms with van der Waals surface area (Å²) in [7, 11) is 1.64. The number of aromatic nitrogens is 3. The lowest BCUT2D eigenvalue weighted by Gasteiger charge is -2.36. The molecule has 1 atom stereocenters. The number of nitrogens with zero attached hydrogens (tertiary/aromatic N) is 4. The fourth-order valence-corrected chi connectivity index (χ4v) is 5.25.